The van der Waals surface area contributed by atoms with E-state index in [0.717, 1.165) is 34.7 Å². The minimum absolute atomic E-state index is 0.0960. The van der Waals surface area contributed by atoms with Crippen LogP contribution in [0, 0.1) is 0 Å². The van der Waals surface area contributed by atoms with Crippen LogP contribution in [0.15, 0.2) is 72.8 Å². The highest BCUT2D eigenvalue weighted by Gasteiger charge is 2.22. The Morgan fingerprint density at radius 2 is 1.71 bits per heavy atom. The molecule has 0 radical (unpaired) electrons. The number of anilines is 1. The van der Waals surface area contributed by atoms with Crippen LogP contribution in [0.3, 0.4) is 0 Å². The van der Waals surface area contributed by atoms with Crippen LogP contribution >= 0.6 is 11.3 Å². The SMILES string of the molecule is CCOc1ccc2nc(N(CCCN(C)C)C(=O)c3cccc(Oc4ccccc4)c3)sc2c1. The van der Waals surface area contributed by atoms with Gasteiger partial charge in [0.05, 0.1) is 16.8 Å². The molecule has 0 aliphatic carbocycles. The molecular weight excluding hydrogens is 446 g/mol. The minimum atomic E-state index is -0.0960. The highest BCUT2D eigenvalue weighted by Crippen LogP contribution is 2.33. The minimum Gasteiger partial charge on any atom is -0.494 e. The van der Waals surface area contributed by atoms with E-state index in [1.54, 1.807) is 11.0 Å². The molecule has 34 heavy (non-hydrogen) atoms. The summed E-state index contributed by atoms with van der Waals surface area (Å²) in [6.07, 6.45) is 0.832. The molecule has 7 heteroatoms. The second-order valence-corrected chi connectivity index (χ2v) is 9.12. The molecule has 1 amide bonds. The normalized spacial score (nSPS) is 11.1. The van der Waals surface area contributed by atoms with Crippen molar-refractivity contribution in [2.24, 2.45) is 0 Å². The maximum absolute atomic E-state index is 13.7. The maximum Gasteiger partial charge on any atom is 0.260 e. The Labute approximate surface area is 204 Å². The van der Waals surface area contributed by atoms with Crippen molar-refractivity contribution in [1.29, 1.82) is 0 Å². The van der Waals surface area contributed by atoms with E-state index in [2.05, 4.69) is 4.90 Å². The molecule has 3 aromatic carbocycles. The third kappa shape index (κ3) is 5.92. The number of amides is 1. The van der Waals surface area contributed by atoms with Crippen LogP contribution in [-0.4, -0.2) is 49.6 Å². The summed E-state index contributed by atoms with van der Waals surface area (Å²) < 4.78 is 12.6. The van der Waals surface area contributed by atoms with Gasteiger partial charge in [-0.15, -0.1) is 0 Å². The van der Waals surface area contributed by atoms with Crippen LogP contribution in [-0.2, 0) is 0 Å². The number of benzene rings is 3. The largest absolute Gasteiger partial charge is 0.494 e. The van der Waals surface area contributed by atoms with E-state index in [0.29, 0.717) is 29.6 Å². The van der Waals surface area contributed by atoms with Crippen LogP contribution in [0.2, 0.25) is 0 Å². The Bertz CT molecular complexity index is 1240. The van der Waals surface area contributed by atoms with E-state index in [1.807, 2.05) is 87.7 Å². The van der Waals surface area contributed by atoms with E-state index >= 15 is 0 Å². The van der Waals surface area contributed by atoms with Crippen LogP contribution in [0.4, 0.5) is 5.13 Å². The predicted octanol–water partition coefficient (Wildman–Crippen LogP) is 6.09. The Morgan fingerprint density at radius 1 is 0.912 bits per heavy atom. The Balaban J connectivity index is 1.62. The number of thiazole rings is 1. The first-order chi connectivity index (χ1) is 16.5. The zero-order chi connectivity index (χ0) is 23.9. The number of para-hydroxylation sites is 1. The van der Waals surface area contributed by atoms with E-state index in [9.17, 15) is 4.79 Å². The molecule has 0 saturated heterocycles. The highest BCUT2D eigenvalue weighted by molar-refractivity contribution is 7.22. The summed E-state index contributed by atoms with van der Waals surface area (Å²) in [5, 5.41) is 0.682. The van der Waals surface area contributed by atoms with E-state index in [-0.39, 0.29) is 5.91 Å². The quantitative estimate of drug-likeness (QED) is 0.278. The fourth-order valence-electron chi connectivity index (χ4n) is 3.57. The van der Waals surface area contributed by atoms with Gasteiger partial charge in [0.15, 0.2) is 5.13 Å². The van der Waals surface area contributed by atoms with Gasteiger partial charge in [0.1, 0.15) is 17.2 Å². The lowest BCUT2D eigenvalue weighted by Gasteiger charge is -2.21. The summed E-state index contributed by atoms with van der Waals surface area (Å²) in [5.74, 6) is 2.06. The molecule has 0 atom stereocenters. The zero-order valence-electron chi connectivity index (χ0n) is 19.7. The van der Waals surface area contributed by atoms with Gasteiger partial charge in [-0.2, -0.15) is 0 Å². The average Bonchev–Trinajstić information content (AvgIpc) is 3.25. The lowest BCUT2D eigenvalue weighted by atomic mass is 10.2. The molecule has 0 fully saturated rings. The van der Waals surface area contributed by atoms with Gasteiger partial charge in [-0.05, 0) is 82.5 Å². The second-order valence-electron chi connectivity index (χ2n) is 8.12. The number of nitrogens with zero attached hydrogens (tertiary/aromatic N) is 3. The Kier molecular flexibility index (Phi) is 7.77. The number of aromatic nitrogens is 1. The summed E-state index contributed by atoms with van der Waals surface area (Å²) in [5.41, 5.74) is 1.42. The third-order valence-corrected chi connectivity index (χ3v) is 6.22. The van der Waals surface area contributed by atoms with Gasteiger partial charge in [-0.25, -0.2) is 4.98 Å². The number of fused-ring (bicyclic) bond motifs is 1. The third-order valence-electron chi connectivity index (χ3n) is 5.18. The molecule has 0 saturated carbocycles. The molecule has 0 N–H and O–H groups in total. The monoisotopic (exact) mass is 475 g/mol. The molecule has 0 aliphatic heterocycles. The molecular formula is C27H29N3O3S. The number of carbonyl (C=O) groups is 1. The molecule has 6 nitrogen and oxygen atoms in total. The van der Waals surface area contributed by atoms with Crippen molar-refractivity contribution in [1.82, 2.24) is 9.88 Å². The first-order valence-electron chi connectivity index (χ1n) is 11.4. The van der Waals surface area contributed by atoms with Crippen LogP contribution in [0.25, 0.3) is 10.2 Å². The maximum atomic E-state index is 13.7. The smallest absolute Gasteiger partial charge is 0.260 e. The van der Waals surface area contributed by atoms with Crippen LogP contribution in [0.5, 0.6) is 17.2 Å². The van der Waals surface area contributed by atoms with Crippen LogP contribution < -0.4 is 14.4 Å². The van der Waals surface area contributed by atoms with Crippen molar-refractivity contribution in [3.8, 4) is 17.2 Å². The van der Waals surface area contributed by atoms with Gasteiger partial charge < -0.3 is 14.4 Å². The molecule has 0 bridgehead atoms. The summed E-state index contributed by atoms with van der Waals surface area (Å²) in [7, 11) is 4.06. The molecule has 176 valence electrons. The van der Waals surface area contributed by atoms with Gasteiger partial charge in [0.2, 0.25) is 0 Å². The lowest BCUT2D eigenvalue weighted by molar-refractivity contribution is 0.0985. The zero-order valence-corrected chi connectivity index (χ0v) is 20.5. The lowest BCUT2D eigenvalue weighted by Crippen LogP contribution is -2.33. The number of ether oxygens (including phenoxy) is 2. The fraction of sp³-hybridized carbons (Fsp3) is 0.259. The van der Waals surface area contributed by atoms with Gasteiger partial charge in [-0.1, -0.05) is 35.6 Å². The number of rotatable bonds is 10. The first-order valence-corrected chi connectivity index (χ1v) is 12.2. The average molecular weight is 476 g/mol. The fourth-order valence-corrected chi connectivity index (χ4v) is 4.59. The number of hydrogen-bond acceptors (Lipinski definition) is 6. The predicted molar refractivity (Wildman–Crippen MR) is 139 cm³/mol. The molecule has 4 rings (SSSR count). The van der Waals surface area contributed by atoms with Crippen molar-refractivity contribution < 1.29 is 14.3 Å². The first kappa shape index (κ1) is 23.7. The Hall–Kier alpha value is -3.42. The molecule has 0 unspecified atom stereocenters. The van der Waals surface area contributed by atoms with E-state index in [1.165, 1.54) is 11.3 Å². The van der Waals surface area contributed by atoms with Crippen molar-refractivity contribution in [3.63, 3.8) is 0 Å². The van der Waals surface area contributed by atoms with Crippen molar-refractivity contribution in [2.45, 2.75) is 13.3 Å². The number of carbonyl (C=O) groups excluding carboxylic acids is 1. The van der Waals surface area contributed by atoms with Gasteiger partial charge in [-0.3, -0.25) is 9.69 Å². The standard InChI is InChI=1S/C27H29N3O3S/c1-4-32-22-14-15-24-25(19-22)34-27(28-24)30(17-9-16-29(2)3)26(31)20-10-8-13-23(18-20)33-21-11-6-5-7-12-21/h5-8,10-15,18-19H,4,9,16-17H2,1-3H3. The summed E-state index contributed by atoms with van der Waals surface area (Å²) in [4.78, 5) is 22.3. The molecule has 1 heterocycles. The van der Waals surface area contributed by atoms with E-state index < -0.39 is 0 Å². The van der Waals surface area contributed by atoms with Gasteiger partial charge in [0.25, 0.3) is 5.91 Å². The Morgan fingerprint density at radius 3 is 2.47 bits per heavy atom. The molecule has 1 aromatic heterocycles. The van der Waals surface area contributed by atoms with Crippen molar-refractivity contribution in [3.05, 3.63) is 78.4 Å². The second kappa shape index (κ2) is 11.1. The van der Waals surface area contributed by atoms with Gasteiger partial charge >= 0.3 is 0 Å². The van der Waals surface area contributed by atoms with E-state index in [4.69, 9.17) is 14.5 Å². The summed E-state index contributed by atoms with van der Waals surface area (Å²) >= 11 is 1.50. The molecule has 0 spiro atoms. The summed E-state index contributed by atoms with van der Waals surface area (Å²) in [6.45, 7) is 4.01. The van der Waals surface area contributed by atoms with Crippen LogP contribution in [0.1, 0.15) is 23.7 Å². The molecule has 4 aromatic rings. The molecule has 0 aliphatic rings. The van der Waals surface area contributed by atoms with Gasteiger partial charge in [0, 0.05) is 12.1 Å². The summed E-state index contributed by atoms with van der Waals surface area (Å²) in [6, 6.07) is 22.7. The topological polar surface area (TPSA) is 54.9 Å². The van der Waals surface area contributed by atoms with Crippen molar-refractivity contribution in [2.75, 3.05) is 38.7 Å². The number of hydrogen-bond donors (Lipinski definition) is 0. The van der Waals surface area contributed by atoms with Crippen molar-refractivity contribution >= 4 is 32.6 Å². The highest BCUT2D eigenvalue weighted by atomic mass is 32.1.